The van der Waals surface area contributed by atoms with Crippen LogP contribution >= 0.6 is 0 Å². The van der Waals surface area contributed by atoms with E-state index in [9.17, 15) is 24.3 Å². The van der Waals surface area contributed by atoms with Gasteiger partial charge in [-0.25, -0.2) is 23.9 Å². The summed E-state index contributed by atoms with van der Waals surface area (Å²) in [6, 6.07) is 12.9. The molecule has 17 heteroatoms. The molecule has 2 fully saturated rings. The molecule has 3 aromatic carbocycles. The Morgan fingerprint density at radius 3 is 2.13 bits per heavy atom. The average Bonchev–Trinajstić information content (AvgIpc) is 4.02. The number of aliphatic hydroxyl groups excluding tert-OH is 1. The molecular formula is C43H53FN8O7Si. The number of fused-ring (bicyclic) bond motifs is 3. The largest absolute Gasteiger partial charge is 0.453 e. The Morgan fingerprint density at radius 2 is 1.50 bits per heavy atom. The van der Waals surface area contributed by atoms with E-state index in [1.54, 1.807) is 18.3 Å². The van der Waals surface area contributed by atoms with E-state index in [2.05, 4.69) is 38.7 Å². The number of aromatic amines is 2. The Bertz CT molecular complexity index is 2450. The first-order valence-electron chi connectivity index (χ1n) is 20.2. The van der Waals surface area contributed by atoms with Crippen molar-refractivity contribution in [1.29, 1.82) is 0 Å². The first-order valence-corrected chi connectivity index (χ1v) is 23.7. The molecule has 0 spiro atoms. The van der Waals surface area contributed by atoms with Crippen LogP contribution in [0.4, 0.5) is 14.0 Å². The summed E-state index contributed by atoms with van der Waals surface area (Å²) in [6.07, 6.45) is 0.301. The number of β-amino-alcohol motifs (C(OH)–C–C–N with tert-alkyl or cyclic N) is 1. The molecule has 4 heterocycles. The lowest BCUT2D eigenvalue weighted by molar-refractivity contribution is -0.136. The molecule has 0 radical (unpaired) electrons. The molecule has 2 aliphatic rings. The predicted molar refractivity (Wildman–Crippen MR) is 227 cm³/mol. The Morgan fingerprint density at radius 1 is 0.850 bits per heavy atom. The summed E-state index contributed by atoms with van der Waals surface area (Å²) in [7, 11) is 0.683. The van der Waals surface area contributed by atoms with E-state index in [1.165, 1.54) is 25.2 Å². The second-order valence-corrected chi connectivity index (χ2v) is 22.4. The predicted octanol–water partition coefficient (Wildman–Crippen LogP) is 6.44. The summed E-state index contributed by atoms with van der Waals surface area (Å²) in [4.78, 5) is 71.4. The van der Waals surface area contributed by atoms with Gasteiger partial charge in [0.25, 0.3) is 0 Å². The van der Waals surface area contributed by atoms with E-state index < -0.39 is 50.3 Å². The van der Waals surface area contributed by atoms with Crippen LogP contribution in [0.25, 0.3) is 44.2 Å². The Balaban J connectivity index is 1.12. The molecule has 0 aliphatic carbocycles. The number of nitrogens with one attached hydrogen (secondary N) is 4. The molecule has 5 aromatic rings. The fourth-order valence-electron chi connectivity index (χ4n) is 8.53. The van der Waals surface area contributed by atoms with Crippen molar-refractivity contribution in [3.8, 4) is 22.4 Å². The number of carbonyl (C=O) groups excluding carboxylic acids is 4. The number of likely N-dealkylation sites (tertiary alicyclic amines) is 1. The highest BCUT2D eigenvalue weighted by molar-refractivity contribution is 6.78. The van der Waals surface area contributed by atoms with Crippen molar-refractivity contribution < 1.29 is 38.1 Å². The lowest BCUT2D eigenvalue weighted by atomic mass is 9.98. The topological polar surface area (TPSA) is 195 Å². The van der Waals surface area contributed by atoms with Gasteiger partial charge in [0.1, 0.15) is 29.5 Å². The van der Waals surface area contributed by atoms with Gasteiger partial charge in [-0.15, -0.1) is 0 Å². The zero-order chi connectivity index (χ0) is 43.2. The van der Waals surface area contributed by atoms with Crippen molar-refractivity contribution in [2.45, 2.75) is 83.5 Å². The van der Waals surface area contributed by atoms with Crippen LogP contribution in [0, 0.1) is 17.7 Å². The molecule has 1 unspecified atom stereocenters. The quantitative estimate of drug-likeness (QED) is 0.0985. The van der Waals surface area contributed by atoms with Gasteiger partial charge in [-0.1, -0.05) is 71.1 Å². The number of hydrogen-bond acceptors (Lipinski definition) is 9. The fraction of sp³-hybridized carbons (Fsp3) is 0.442. The van der Waals surface area contributed by atoms with Gasteiger partial charge in [0.05, 0.1) is 63.4 Å². The monoisotopic (exact) mass is 840 g/mol. The van der Waals surface area contributed by atoms with Crippen LogP contribution in [0.1, 0.15) is 57.8 Å². The highest BCUT2D eigenvalue weighted by atomic mass is 28.3. The van der Waals surface area contributed by atoms with E-state index in [4.69, 9.17) is 14.5 Å². The molecule has 7 rings (SSSR count). The molecule has 60 heavy (non-hydrogen) atoms. The molecular weight excluding hydrogens is 788 g/mol. The third kappa shape index (κ3) is 8.32. The fourth-order valence-corrected chi connectivity index (χ4v) is 11.4. The summed E-state index contributed by atoms with van der Waals surface area (Å²) in [5, 5.41) is 17.6. The van der Waals surface area contributed by atoms with Gasteiger partial charge in [-0.05, 0) is 47.0 Å². The number of hydrogen-bond donors (Lipinski definition) is 5. The Labute approximate surface area is 348 Å². The van der Waals surface area contributed by atoms with Gasteiger partial charge in [0.15, 0.2) is 0 Å². The molecule has 5 atom stereocenters. The Kier molecular flexibility index (Phi) is 11.8. The molecule has 0 bridgehead atoms. The first kappa shape index (κ1) is 42.3. The van der Waals surface area contributed by atoms with Crippen molar-refractivity contribution in [2.24, 2.45) is 11.8 Å². The standard InChI is InChI=1S/C43H53FN8O7Si/c1-22(2)35(49-42(56)58-5)40(54)51-19-27(53)17-33(51)38-45-18-32(47-38)26-10-12-28(30(44)16-26)24-9-13-29-25(15-24)11-14-31-37(29)48-39(46-31)34-20-60(7,8)21-52(34)41(55)36(23(3)4)50-43(57)59-6/h9-16,18,22-23,27,33-36,53H,17,19-21H2,1-8H3,(H,45,47)(H,46,48)(H,49,56)(H,50,57)/t27?,33-,34-,35-,36-/m0/s1. The molecule has 15 nitrogen and oxygen atoms in total. The minimum Gasteiger partial charge on any atom is -0.453 e. The number of benzene rings is 3. The van der Waals surface area contributed by atoms with E-state index in [0.717, 1.165) is 27.8 Å². The number of aromatic nitrogens is 4. The number of methoxy groups -OCH3 is 2. The summed E-state index contributed by atoms with van der Waals surface area (Å²) in [5.74, 6) is -0.222. The minimum absolute atomic E-state index is 0.0733. The number of H-pyrrole nitrogens is 2. The molecule has 2 aliphatic heterocycles. The molecule has 2 saturated heterocycles. The second-order valence-electron chi connectivity index (χ2n) is 17.4. The second kappa shape index (κ2) is 16.7. The average molecular weight is 841 g/mol. The third-order valence-corrected chi connectivity index (χ3v) is 14.3. The zero-order valence-corrected chi connectivity index (χ0v) is 36.1. The molecule has 5 N–H and O–H groups in total. The number of alkyl carbamates (subject to hydrolysis) is 2. The van der Waals surface area contributed by atoms with Gasteiger partial charge >= 0.3 is 12.2 Å². The molecule has 318 valence electrons. The van der Waals surface area contributed by atoms with Crippen LogP contribution in [0.5, 0.6) is 0 Å². The molecule has 4 amide bonds. The van der Waals surface area contributed by atoms with Gasteiger partial charge in [0, 0.05) is 35.6 Å². The highest BCUT2D eigenvalue weighted by Gasteiger charge is 2.46. The number of amides is 4. The van der Waals surface area contributed by atoms with Crippen molar-refractivity contribution in [2.75, 3.05) is 26.9 Å². The van der Waals surface area contributed by atoms with E-state index in [1.807, 2.05) is 62.9 Å². The van der Waals surface area contributed by atoms with Crippen LogP contribution in [-0.4, -0.2) is 112 Å². The van der Waals surface area contributed by atoms with Crippen LogP contribution in [0.2, 0.25) is 19.1 Å². The number of carbonyl (C=O) groups is 4. The molecule has 2 aromatic heterocycles. The van der Waals surface area contributed by atoms with Gasteiger partial charge in [0.2, 0.25) is 11.8 Å². The van der Waals surface area contributed by atoms with Crippen LogP contribution in [0.15, 0.2) is 54.7 Å². The normalized spacial score (nSPS) is 19.9. The highest BCUT2D eigenvalue weighted by Crippen LogP contribution is 2.40. The number of nitrogens with zero attached hydrogens (tertiary/aromatic N) is 4. The minimum atomic E-state index is -1.83. The van der Waals surface area contributed by atoms with E-state index in [0.29, 0.717) is 40.2 Å². The van der Waals surface area contributed by atoms with Crippen molar-refractivity contribution >= 4 is 53.9 Å². The lowest BCUT2D eigenvalue weighted by Gasteiger charge is -2.30. The van der Waals surface area contributed by atoms with Crippen molar-refractivity contribution in [3.05, 3.63) is 72.2 Å². The SMILES string of the molecule is COC(=O)N[C@H](C(=O)N1CC(O)C[C@H]1c1ncc(-c2ccc(-c3ccc4c(ccc5[nH]c([C@@H]6C[Si](C)(C)CN6C(=O)[C@@H](NC(=O)OC)C(C)C)nc54)c3)c(F)c2)[nH]1)C(C)C. The van der Waals surface area contributed by atoms with Crippen LogP contribution in [0.3, 0.4) is 0 Å². The van der Waals surface area contributed by atoms with E-state index in [-0.39, 0.29) is 42.7 Å². The summed E-state index contributed by atoms with van der Waals surface area (Å²) >= 11 is 0. The maximum absolute atomic E-state index is 16.0. The summed E-state index contributed by atoms with van der Waals surface area (Å²) in [6.45, 7) is 12.0. The van der Waals surface area contributed by atoms with E-state index >= 15 is 4.39 Å². The summed E-state index contributed by atoms with van der Waals surface area (Å²) in [5.41, 5.74) is 3.76. The number of halogens is 1. The van der Waals surface area contributed by atoms with Gasteiger partial charge in [-0.2, -0.15) is 0 Å². The zero-order valence-electron chi connectivity index (χ0n) is 35.1. The van der Waals surface area contributed by atoms with Crippen LogP contribution in [-0.2, 0) is 19.1 Å². The maximum atomic E-state index is 16.0. The third-order valence-electron chi connectivity index (χ3n) is 11.7. The number of rotatable bonds is 10. The van der Waals surface area contributed by atoms with Crippen LogP contribution < -0.4 is 10.6 Å². The van der Waals surface area contributed by atoms with Crippen molar-refractivity contribution in [3.63, 3.8) is 0 Å². The smallest absolute Gasteiger partial charge is 0.407 e. The number of aliphatic hydroxyl groups is 1. The van der Waals surface area contributed by atoms with Gasteiger partial charge < -0.3 is 45.0 Å². The maximum Gasteiger partial charge on any atom is 0.407 e. The number of imidazole rings is 2. The number of ether oxygens (including phenoxy) is 2. The molecule has 0 saturated carbocycles. The lowest BCUT2D eigenvalue weighted by Crippen LogP contribution is -2.52. The van der Waals surface area contributed by atoms with Crippen molar-refractivity contribution in [1.82, 2.24) is 40.4 Å². The Hall–Kier alpha value is -5.81. The van der Waals surface area contributed by atoms with Gasteiger partial charge in [-0.3, -0.25) is 9.59 Å². The first-order chi connectivity index (χ1) is 28.5. The summed E-state index contributed by atoms with van der Waals surface area (Å²) < 4.78 is 25.5.